The lowest BCUT2D eigenvalue weighted by molar-refractivity contribution is 0.601. The van der Waals surface area contributed by atoms with Crippen LogP contribution in [-0.4, -0.2) is 13.1 Å². The van der Waals surface area contributed by atoms with Crippen LogP contribution < -0.4 is 5.32 Å². The van der Waals surface area contributed by atoms with Gasteiger partial charge in [-0.3, -0.25) is 0 Å². The van der Waals surface area contributed by atoms with Gasteiger partial charge in [0.05, 0.1) is 0 Å². The summed E-state index contributed by atoms with van der Waals surface area (Å²) in [5.41, 5.74) is 0. The third-order valence-corrected chi connectivity index (χ3v) is 2.79. The van der Waals surface area contributed by atoms with Crippen LogP contribution in [0.4, 0.5) is 0 Å². The first-order valence-electron chi connectivity index (χ1n) is 4.48. The van der Waals surface area contributed by atoms with Crippen LogP contribution in [0, 0.1) is 11.8 Å². The van der Waals surface area contributed by atoms with Crippen molar-refractivity contribution in [2.75, 3.05) is 7.05 Å². The predicted octanol–water partition coefficient (Wildman–Crippen LogP) is 2.03. The molecule has 0 radical (unpaired) electrons. The van der Waals surface area contributed by atoms with Crippen LogP contribution in [0.2, 0.25) is 0 Å². The Hall–Kier alpha value is -0.0400. The van der Waals surface area contributed by atoms with Gasteiger partial charge in [-0.25, -0.2) is 0 Å². The van der Waals surface area contributed by atoms with Crippen molar-refractivity contribution in [3.8, 4) is 0 Å². The van der Waals surface area contributed by atoms with E-state index < -0.39 is 0 Å². The molecule has 0 aromatic carbocycles. The maximum Gasteiger partial charge on any atom is 0.0124 e. The maximum atomic E-state index is 3.35. The standard InChI is InChI=1S/C9H19N/c1-4-5-6-8-7(2)9(8)10-3/h7-10H,4-6H2,1-3H3/t7-,8?,9?/m1/s1. The fourth-order valence-corrected chi connectivity index (χ4v) is 1.90. The molecular weight excluding hydrogens is 122 g/mol. The number of hydrogen-bond acceptors (Lipinski definition) is 1. The highest BCUT2D eigenvalue weighted by Gasteiger charge is 2.44. The van der Waals surface area contributed by atoms with Crippen LogP contribution in [0.5, 0.6) is 0 Å². The summed E-state index contributed by atoms with van der Waals surface area (Å²) in [4.78, 5) is 0. The Morgan fingerprint density at radius 3 is 2.50 bits per heavy atom. The van der Waals surface area contributed by atoms with Crippen molar-refractivity contribution in [3.05, 3.63) is 0 Å². The molecule has 1 aliphatic rings. The van der Waals surface area contributed by atoms with Crippen molar-refractivity contribution in [3.63, 3.8) is 0 Å². The Balaban J connectivity index is 2.09. The summed E-state index contributed by atoms with van der Waals surface area (Å²) < 4.78 is 0. The van der Waals surface area contributed by atoms with E-state index in [0.29, 0.717) is 0 Å². The van der Waals surface area contributed by atoms with Crippen LogP contribution in [0.1, 0.15) is 33.1 Å². The van der Waals surface area contributed by atoms with Gasteiger partial charge in [0.1, 0.15) is 0 Å². The molecule has 10 heavy (non-hydrogen) atoms. The molecule has 0 saturated heterocycles. The molecule has 1 saturated carbocycles. The largest absolute Gasteiger partial charge is 0.316 e. The summed E-state index contributed by atoms with van der Waals surface area (Å²) in [7, 11) is 2.08. The minimum Gasteiger partial charge on any atom is -0.316 e. The first-order chi connectivity index (χ1) is 4.81. The summed E-state index contributed by atoms with van der Waals surface area (Å²) in [5, 5.41) is 3.35. The molecular formula is C9H19N. The minimum atomic E-state index is 0.839. The van der Waals surface area contributed by atoms with Crippen molar-refractivity contribution in [1.29, 1.82) is 0 Å². The van der Waals surface area contributed by atoms with Crippen molar-refractivity contribution in [1.82, 2.24) is 5.32 Å². The Morgan fingerprint density at radius 1 is 1.40 bits per heavy atom. The fraction of sp³-hybridized carbons (Fsp3) is 1.00. The topological polar surface area (TPSA) is 12.0 Å². The zero-order chi connectivity index (χ0) is 7.56. The molecule has 0 amide bonds. The number of unbranched alkanes of at least 4 members (excludes halogenated alkanes) is 1. The lowest BCUT2D eigenvalue weighted by Crippen LogP contribution is -2.11. The second-order valence-electron chi connectivity index (χ2n) is 3.48. The van der Waals surface area contributed by atoms with E-state index in [2.05, 4.69) is 26.2 Å². The van der Waals surface area contributed by atoms with Gasteiger partial charge >= 0.3 is 0 Å². The Kier molecular flexibility index (Phi) is 2.72. The first-order valence-corrected chi connectivity index (χ1v) is 4.48. The zero-order valence-electron chi connectivity index (χ0n) is 7.35. The molecule has 0 aliphatic heterocycles. The molecule has 60 valence electrons. The van der Waals surface area contributed by atoms with E-state index in [0.717, 1.165) is 17.9 Å². The van der Waals surface area contributed by atoms with E-state index in [1.165, 1.54) is 19.3 Å². The summed E-state index contributed by atoms with van der Waals surface area (Å²) in [6.45, 7) is 4.61. The number of nitrogens with one attached hydrogen (secondary N) is 1. The van der Waals surface area contributed by atoms with Gasteiger partial charge in [-0.1, -0.05) is 26.7 Å². The average molecular weight is 141 g/mol. The van der Waals surface area contributed by atoms with E-state index >= 15 is 0 Å². The van der Waals surface area contributed by atoms with E-state index in [1.807, 2.05) is 0 Å². The van der Waals surface area contributed by atoms with Gasteiger partial charge < -0.3 is 5.32 Å². The summed E-state index contributed by atoms with van der Waals surface area (Å²) >= 11 is 0. The SMILES string of the molecule is CCCCC1C(NC)[C@@H]1C. The van der Waals surface area contributed by atoms with Crippen LogP contribution >= 0.6 is 0 Å². The molecule has 0 bridgehead atoms. The maximum absolute atomic E-state index is 3.35. The van der Waals surface area contributed by atoms with Gasteiger partial charge in [0.25, 0.3) is 0 Å². The Labute approximate surface area is 64.2 Å². The van der Waals surface area contributed by atoms with Crippen LogP contribution in [0.15, 0.2) is 0 Å². The Morgan fingerprint density at radius 2 is 2.10 bits per heavy atom. The number of hydrogen-bond donors (Lipinski definition) is 1. The zero-order valence-corrected chi connectivity index (χ0v) is 7.35. The molecule has 0 spiro atoms. The summed E-state index contributed by atoms with van der Waals surface area (Å²) in [5.74, 6) is 1.93. The highest BCUT2D eigenvalue weighted by Crippen LogP contribution is 2.41. The molecule has 1 nitrogen and oxygen atoms in total. The molecule has 3 atom stereocenters. The third kappa shape index (κ3) is 1.51. The average Bonchev–Trinajstić information content (AvgIpc) is 2.56. The summed E-state index contributed by atoms with van der Waals surface area (Å²) in [6.07, 6.45) is 4.19. The molecule has 1 aliphatic carbocycles. The van der Waals surface area contributed by atoms with Gasteiger partial charge in [-0.05, 0) is 25.3 Å². The fourth-order valence-electron chi connectivity index (χ4n) is 1.90. The lowest BCUT2D eigenvalue weighted by atomic mass is 10.1. The molecule has 0 aromatic rings. The normalized spacial score (nSPS) is 38.1. The van der Waals surface area contributed by atoms with Crippen molar-refractivity contribution >= 4 is 0 Å². The first kappa shape index (κ1) is 8.06. The van der Waals surface area contributed by atoms with Gasteiger partial charge in [-0.2, -0.15) is 0 Å². The van der Waals surface area contributed by atoms with Crippen LogP contribution in [0.25, 0.3) is 0 Å². The van der Waals surface area contributed by atoms with Gasteiger partial charge in [0.15, 0.2) is 0 Å². The minimum absolute atomic E-state index is 0.839. The van der Waals surface area contributed by atoms with E-state index in [4.69, 9.17) is 0 Å². The molecule has 1 rings (SSSR count). The molecule has 1 heteroatoms. The van der Waals surface area contributed by atoms with Crippen LogP contribution in [0.3, 0.4) is 0 Å². The van der Waals surface area contributed by atoms with Gasteiger partial charge in [0.2, 0.25) is 0 Å². The molecule has 1 fully saturated rings. The molecule has 1 N–H and O–H groups in total. The van der Waals surface area contributed by atoms with Gasteiger partial charge in [-0.15, -0.1) is 0 Å². The predicted molar refractivity (Wildman–Crippen MR) is 45.0 cm³/mol. The lowest BCUT2D eigenvalue weighted by Gasteiger charge is -1.94. The van der Waals surface area contributed by atoms with Crippen molar-refractivity contribution in [2.24, 2.45) is 11.8 Å². The highest BCUT2D eigenvalue weighted by atomic mass is 15.0. The summed E-state index contributed by atoms with van der Waals surface area (Å²) in [6, 6.07) is 0.839. The smallest absolute Gasteiger partial charge is 0.0124 e. The van der Waals surface area contributed by atoms with Gasteiger partial charge in [0, 0.05) is 6.04 Å². The van der Waals surface area contributed by atoms with E-state index in [-0.39, 0.29) is 0 Å². The highest BCUT2D eigenvalue weighted by molar-refractivity contribution is 4.99. The molecule has 0 heterocycles. The monoisotopic (exact) mass is 141 g/mol. The number of rotatable bonds is 4. The van der Waals surface area contributed by atoms with Crippen LogP contribution in [-0.2, 0) is 0 Å². The van der Waals surface area contributed by atoms with E-state index in [9.17, 15) is 0 Å². The van der Waals surface area contributed by atoms with Crippen molar-refractivity contribution < 1.29 is 0 Å². The third-order valence-electron chi connectivity index (χ3n) is 2.79. The second-order valence-corrected chi connectivity index (χ2v) is 3.48. The van der Waals surface area contributed by atoms with E-state index in [1.54, 1.807) is 0 Å². The second kappa shape index (κ2) is 3.38. The quantitative estimate of drug-likeness (QED) is 0.631. The Bertz CT molecular complexity index is 101. The molecule has 0 aromatic heterocycles. The molecule has 2 unspecified atom stereocenters. The van der Waals surface area contributed by atoms with Crippen molar-refractivity contribution in [2.45, 2.75) is 39.2 Å².